The number of guanidine groups is 1. The highest BCUT2D eigenvalue weighted by Crippen LogP contribution is 2.23. The van der Waals surface area contributed by atoms with E-state index in [0.29, 0.717) is 11.7 Å². The Labute approximate surface area is 160 Å². The van der Waals surface area contributed by atoms with Crippen molar-refractivity contribution < 1.29 is 0 Å². The van der Waals surface area contributed by atoms with Crippen molar-refractivity contribution >= 4 is 23.2 Å². The smallest absolute Gasteiger partial charge is 0.191 e. The molecule has 6 heteroatoms. The number of halogens is 1. The number of hydrogen-bond acceptors (Lipinski definition) is 3. The first kappa shape index (κ1) is 18.5. The molecule has 1 unspecified atom stereocenters. The van der Waals surface area contributed by atoms with Gasteiger partial charge in [0, 0.05) is 38.6 Å². The summed E-state index contributed by atoms with van der Waals surface area (Å²) in [5.74, 6) is 0.763. The van der Waals surface area contributed by atoms with Gasteiger partial charge in [-0.1, -0.05) is 29.8 Å². The van der Waals surface area contributed by atoms with E-state index < -0.39 is 0 Å². The number of anilines is 1. The van der Waals surface area contributed by atoms with E-state index in [1.165, 1.54) is 24.1 Å². The normalized spacial score (nSPS) is 15.8. The van der Waals surface area contributed by atoms with Crippen LogP contribution in [0.3, 0.4) is 0 Å². The van der Waals surface area contributed by atoms with Crippen molar-refractivity contribution in [1.29, 1.82) is 0 Å². The number of benzene rings is 1. The number of rotatable bonds is 5. The van der Waals surface area contributed by atoms with E-state index in [0.717, 1.165) is 24.6 Å². The molecule has 3 rings (SSSR count). The molecular weight excluding hydrogens is 346 g/mol. The van der Waals surface area contributed by atoms with Gasteiger partial charge in [-0.3, -0.25) is 4.99 Å². The average molecular weight is 372 g/mol. The standard InChI is InChI=1S/C20H26ClN5/c1-15(17-6-5-7-18(12-17)26-10-3-4-11-26)25-20(22-2)24-14-16-8-9-19(21)23-13-16/h5-9,12-13,15H,3-4,10-11,14H2,1-2H3,(H2,22,24,25). The molecule has 0 spiro atoms. The molecule has 138 valence electrons. The summed E-state index contributed by atoms with van der Waals surface area (Å²) in [7, 11) is 1.78. The molecule has 0 bridgehead atoms. The maximum Gasteiger partial charge on any atom is 0.191 e. The van der Waals surface area contributed by atoms with Crippen LogP contribution in [0.2, 0.25) is 5.15 Å². The van der Waals surface area contributed by atoms with Crippen molar-refractivity contribution in [2.45, 2.75) is 32.4 Å². The first-order chi connectivity index (χ1) is 12.7. The molecule has 1 aromatic carbocycles. The second kappa shape index (κ2) is 8.90. The summed E-state index contributed by atoms with van der Waals surface area (Å²) in [5, 5.41) is 7.28. The number of nitrogens with zero attached hydrogens (tertiary/aromatic N) is 3. The first-order valence-corrected chi connectivity index (χ1v) is 9.46. The van der Waals surface area contributed by atoms with Crippen LogP contribution in [-0.2, 0) is 6.54 Å². The van der Waals surface area contributed by atoms with Crippen LogP contribution < -0.4 is 15.5 Å². The van der Waals surface area contributed by atoms with E-state index >= 15 is 0 Å². The molecule has 2 N–H and O–H groups in total. The van der Waals surface area contributed by atoms with E-state index in [4.69, 9.17) is 11.6 Å². The van der Waals surface area contributed by atoms with Crippen LogP contribution in [0.4, 0.5) is 5.69 Å². The van der Waals surface area contributed by atoms with E-state index in [-0.39, 0.29) is 6.04 Å². The van der Waals surface area contributed by atoms with Crippen LogP contribution in [0.5, 0.6) is 0 Å². The van der Waals surface area contributed by atoms with E-state index in [2.05, 4.69) is 56.7 Å². The predicted molar refractivity (Wildman–Crippen MR) is 109 cm³/mol. The van der Waals surface area contributed by atoms with Crippen LogP contribution in [0, 0.1) is 0 Å². The van der Waals surface area contributed by atoms with E-state index in [1.807, 2.05) is 6.07 Å². The third-order valence-corrected chi connectivity index (χ3v) is 4.89. The van der Waals surface area contributed by atoms with Gasteiger partial charge in [0.25, 0.3) is 0 Å². The van der Waals surface area contributed by atoms with Gasteiger partial charge in [-0.2, -0.15) is 0 Å². The largest absolute Gasteiger partial charge is 0.372 e. The summed E-state index contributed by atoms with van der Waals surface area (Å²) in [6, 6.07) is 12.7. The number of pyridine rings is 1. The van der Waals surface area contributed by atoms with Crippen molar-refractivity contribution in [3.63, 3.8) is 0 Å². The highest BCUT2D eigenvalue weighted by atomic mass is 35.5. The molecule has 0 radical (unpaired) electrons. The Kier molecular flexibility index (Phi) is 6.34. The first-order valence-electron chi connectivity index (χ1n) is 9.08. The van der Waals surface area contributed by atoms with Gasteiger partial charge in [0.2, 0.25) is 0 Å². The predicted octanol–water partition coefficient (Wildman–Crippen LogP) is 3.76. The molecule has 2 heterocycles. The number of hydrogen-bond donors (Lipinski definition) is 2. The number of nitrogens with one attached hydrogen (secondary N) is 2. The fourth-order valence-corrected chi connectivity index (χ4v) is 3.26. The number of aliphatic imine (C=N–C) groups is 1. The number of aromatic nitrogens is 1. The van der Waals surface area contributed by atoms with Crippen molar-refractivity contribution in [3.05, 3.63) is 58.9 Å². The van der Waals surface area contributed by atoms with Crippen molar-refractivity contribution in [2.24, 2.45) is 4.99 Å². The Morgan fingerprint density at radius 2 is 2.08 bits per heavy atom. The molecule has 1 aromatic heterocycles. The van der Waals surface area contributed by atoms with Gasteiger partial charge in [-0.15, -0.1) is 0 Å². The Balaban J connectivity index is 1.59. The van der Waals surface area contributed by atoms with Gasteiger partial charge >= 0.3 is 0 Å². The topological polar surface area (TPSA) is 52.6 Å². The third kappa shape index (κ3) is 4.88. The molecule has 1 fully saturated rings. The average Bonchev–Trinajstić information content (AvgIpc) is 3.21. The summed E-state index contributed by atoms with van der Waals surface area (Å²) >= 11 is 5.83. The van der Waals surface area contributed by atoms with Crippen molar-refractivity contribution in [1.82, 2.24) is 15.6 Å². The minimum Gasteiger partial charge on any atom is -0.372 e. The van der Waals surface area contributed by atoms with E-state index in [1.54, 1.807) is 19.3 Å². The second-order valence-corrected chi connectivity index (χ2v) is 6.96. The van der Waals surface area contributed by atoms with Gasteiger partial charge < -0.3 is 15.5 Å². The highest BCUT2D eigenvalue weighted by Gasteiger charge is 2.14. The Morgan fingerprint density at radius 1 is 1.27 bits per heavy atom. The molecular formula is C20H26ClN5. The lowest BCUT2D eigenvalue weighted by Crippen LogP contribution is -2.38. The van der Waals surface area contributed by atoms with Crippen LogP contribution in [0.25, 0.3) is 0 Å². The summed E-state index contributed by atoms with van der Waals surface area (Å²) in [6.45, 7) is 5.11. The minimum absolute atomic E-state index is 0.159. The second-order valence-electron chi connectivity index (χ2n) is 6.57. The lowest BCUT2D eigenvalue weighted by atomic mass is 10.1. The zero-order valence-corrected chi connectivity index (χ0v) is 16.1. The van der Waals surface area contributed by atoms with Crippen molar-refractivity contribution in [3.8, 4) is 0 Å². The van der Waals surface area contributed by atoms with Crippen LogP contribution in [0.1, 0.15) is 36.9 Å². The molecule has 1 aliphatic rings. The minimum atomic E-state index is 0.159. The fraction of sp³-hybridized carbons (Fsp3) is 0.400. The molecule has 0 aliphatic carbocycles. The fourth-order valence-electron chi connectivity index (χ4n) is 3.15. The van der Waals surface area contributed by atoms with Crippen molar-refractivity contribution in [2.75, 3.05) is 25.0 Å². The van der Waals surface area contributed by atoms with E-state index in [9.17, 15) is 0 Å². The molecule has 0 saturated carbocycles. The molecule has 1 aliphatic heterocycles. The summed E-state index contributed by atoms with van der Waals surface area (Å²) in [5.41, 5.74) is 3.62. The van der Waals surface area contributed by atoms with Gasteiger partial charge in [-0.25, -0.2) is 4.98 Å². The zero-order valence-electron chi connectivity index (χ0n) is 15.4. The van der Waals surface area contributed by atoms with Crippen LogP contribution in [-0.4, -0.2) is 31.1 Å². The zero-order chi connectivity index (χ0) is 18.4. The van der Waals surface area contributed by atoms with Crippen LogP contribution in [0.15, 0.2) is 47.6 Å². The molecule has 1 saturated heterocycles. The Hall–Kier alpha value is -2.27. The Morgan fingerprint density at radius 3 is 2.77 bits per heavy atom. The molecule has 0 amide bonds. The van der Waals surface area contributed by atoms with Gasteiger partial charge in [0.05, 0.1) is 6.04 Å². The van der Waals surface area contributed by atoms with Gasteiger partial charge in [-0.05, 0) is 49.1 Å². The summed E-state index contributed by atoms with van der Waals surface area (Å²) < 4.78 is 0. The lowest BCUT2D eigenvalue weighted by Gasteiger charge is -2.22. The van der Waals surface area contributed by atoms with Crippen LogP contribution >= 0.6 is 11.6 Å². The summed E-state index contributed by atoms with van der Waals surface area (Å²) in [6.07, 6.45) is 4.34. The molecule has 5 nitrogen and oxygen atoms in total. The monoisotopic (exact) mass is 371 g/mol. The molecule has 1 atom stereocenters. The maximum absolute atomic E-state index is 5.83. The molecule has 2 aromatic rings. The lowest BCUT2D eigenvalue weighted by molar-refractivity contribution is 0.684. The van der Waals surface area contributed by atoms with Gasteiger partial charge in [0.1, 0.15) is 5.15 Å². The highest BCUT2D eigenvalue weighted by molar-refractivity contribution is 6.29. The third-order valence-electron chi connectivity index (χ3n) is 4.67. The quantitative estimate of drug-likeness (QED) is 0.477. The summed E-state index contributed by atoms with van der Waals surface area (Å²) in [4.78, 5) is 10.9. The molecule has 26 heavy (non-hydrogen) atoms. The SMILES string of the molecule is CN=C(NCc1ccc(Cl)nc1)NC(C)c1cccc(N2CCCC2)c1. The van der Waals surface area contributed by atoms with Gasteiger partial charge in [0.15, 0.2) is 5.96 Å². The maximum atomic E-state index is 5.83. The Bertz CT molecular complexity index is 738.